The number of thiocarbonyl (C=S) groups is 1. The average Bonchev–Trinajstić information content (AvgIpc) is 3.53. The van der Waals surface area contributed by atoms with Crippen LogP contribution in [0.3, 0.4) is 0 Å². The van der Waals surface area contributed by atoms with E-state index in [4.69, 9.17) is 33.0 Å². The number of carbonyl (C=O) groups is 3. The lowest BCUT2D eigenvalue weighted by atomic mass is 10.1. The third-order valence-corrected chi connectivity index (χ3v) is 6.90. The number of nitrogens with one attached hydrogen (secondary N) is 1. The second-order valence-corrected chi connectivity index (χ2v) is 9.58. The molecule has 2 aromatic heterocycles. The van der Waals surface area contributed by atoms with Gasteiger partial charge in [0.2, 0.25) is 0 Å². The van der Waals surface area contributed by atoms with E-state index in [1.54, 1.807) is 60.8 Å². The molecule has 0 radical (unpaired) electrons. The van der Waals surface area contributed by atoms with Gasteiger partial charge in [0.1, 0.15) is 11.5 Å². The van der Waals surface area contributed by atoms with Crippen LogP contribution in [0.4, 0.5) is 0 Å². The molecule has 1 fully saturated rings. The Bertz CT molecular complexity index is 1280. The number of nitrogens with zero attached hydrogens (tertiary/aromatic N) is 1. The van der Waals surface area contributed by atoms with Gasteiger partial charge in [-0.25, -0.2) is 4.79 Å². The lowest BCUT2D eigenvalue weighted by molar-refractivity contribution is -0.123. The van der Waals surface area contributed by atoms with Crippen LogP contribution in [-0.4, -0.2) is 33.7 Å². The molecule has 1 saturated heterocycles. The second kappa shape index (κ2) is 9.92. The molecule has 0 unspecified atom stereocenters. The van der Waals surface area contributed by atoms with Crippen LogP contribution in [0.15, 0.2) is 57.2 Å². The summed E-state index contributed by atoms with van der Waals surface area (Å²) in [5.74, 6) is -0.510. The molecule has 1 aromatic carbocycles. The van der Waals surface area contributed by atoms with Crippen molar-refractivity contribution in [1.29, 1.82) is 0 Å². The number of halogens is 1. The van der Waals surface area contributed by atoms with Crippen molar-refractivity contribution < 1.29 is 23.5 Å². The first-order valence-corrected chi connectivity index (χ1v) is 12.0. The van der Waals surface area contributed by atoms with Crippen LogP contribution in [-0.2, 0) is 9.53 Å². The lowest BCUT2D eigenvalue weighted by Gasteiger charge is -2.14. The molecule has 0 saturated carbocycles. The zero-order chi connectivity index (χ0) is 23.5. The predicted octanol–water partition coefficient (Wildman–Crippen LogP) is 5.38. The third kappa shape index (κ3) is 5.03. The average molecular weight is 519 g/mol. The highest BCUT2D eigenvalue weighted by Gasteiger charge is 2.34. The fraction of sp³-hybridized carbons (Fsp3) is 0.0909. The predicted molar refractivity (Wildman–Crippen MR) is 132 cm³/mol. The van der Waals surface area contributed by atoms with Gasteiger partial charge in [0.25, 0.3) is 11.8 Å². The van der Waals surface area contributed by atoms with Crippen molar-refractivity contribution >= 4 is 75.1 Å². The molecule has 2 amide bonds. The number of thiophene rings is 1. The summed E-state index contributed by atoms with van der Waals surface area (Å²) in [5.41, 5.74) is 3.38. The normalized spacial score (nSPS) is 14.7. The van der Waals surface area contributed by atoms with Crippen molar-refractivity contribution in [2.24, 2.45) is 0 Å². The van der Waals surface area contributed by atoms with Gasteiger partial charge in [-0.15, -0.1) is 11.3 Å². The minimum absolute atomic E-state index is 0.208. The number of hydrogen-bond donors (Lipinski definition) is 1. The van der Waals surface area contributed by atoms with Crippen LogP contribution < -0.4 is 5.43 Å². The highest BCUT2D eigenvalue weighted by Crippen LogP contribution is 2.33. The van der Waals surface area contributed by atoms with Crippen molar-refractivity contribution in [3.05, 3.63) is 74.0 Å². The van der Waals surface area contributed by atoms with Crippen LogP contribution in [0.25, 0.3) is 17.4 Å². The third-order valence-electron chi connectivity index (χ3n) is 4.40. The number of rotatable bonds is 6. The minimum atomic E-state index is -0.524. The molecule has 3 heterocycles. The van der Waals surface area contributed by atoms with Gasteiger partial charge in [-0.3, -0.25) is 15.0 Å². The Morgan fingerprint density at radius 1 is 1.27 bits per heavy atom. The van der Waals surface area contributed by atoms with Crippen LogP contribution >= 0.6 is 46.9 Å². The second-order valence-electron chi connectivity index (χ2n) is 6.55. The number of hydrazine groups is 1. The van der Waals surface area contributed by atoms with E-state index in [-0.39, 0.29) is 21.5 Å². The molecule has 168 valence electrons. The van der Waals surface area contributed by atoms with Crippen LogP contribution in [0.1, 0.15) is 32.7 Å². The topological polar surface area (TPSA) is 88.9 Å². The Kier molecular flexibility index (Phi) is 6.99. The molecule has 11 heteroatoms. The highest BCUT2D eigenvalue weighted by molar-refractivity contribution is 8.26. The maximum absolute atomic E-state index is 12.8. The molecule has 7 nitrogen and oxygen atoms in total. The van der Waals surface area contributed by atoms with Gasteiger partial charge < -0.3 is 9.15 Å². The van der Waals surface area contributed by atoms with Crippen molar-refractivity contribution in [1.82, 2.24) is 10.4 Å². The Hall–Kier alpha value is -2.92. The van der Waals surface area contributed by atoms with E-state index in [0.29, 0.717) is 26.9 Å². The highest BCUT2D eigenvalue weighted by atomic mass is 35.5. The standard InChI is InChI=1S/C22H15ClN2O5S3/c1-2-29-21(28)14-10-12(5-7-15(14)23)16-8-6-13(30-16)11-18-20(27)25(22(31)33-18)24-19(26)17-4-3-9-32-17/h3-11H,2H2,1H3,(H,24,26)/b18-11+. The first kappa shape index (κ1) is 23.2. The van der Waals surface area contributed by atoms with Gasteiger partial charge in [-0.05, 0) is 60.9 Å². The van der Waals surface area contributed by atoms with Gasteiger partial charge in [-0.1, -0.05) is 29.4 Å². The molecule has 0 aliphatic carbocycles. The number of carbonyl (C=O) groups excluding carboxylic acids is 3. The van der Waals surface area contributed by atoms with E-state index in [0.717, 1.165) is 16.8 Å². The maximum atomic E-state index is 12.8. The summed E-state index contributed by atoms with van der Waals surface area (Å²) in [6.45, 7) is 1.95. The molecule has 1 aliphatic rings. The van der Waals surface area contributed by atoms with Crippen molar-refractivity contribution in [3.63, 3.8) is 0 Å². The molecule has 3 aromatic rings. The smallest absolute Gasteiger partial charge is 0.339 e. The summed E-state index contributed by atoms with van der Waals surface area (Å²) >= 11 is 13.7. The minimum Gasteiger partial charge on any atom is -0.462 e. The van der Waals surface area contributed by atoms with E-state index >= 15 is 0 Å². The van der Waals surface area contributed by atoms with Crippen LogP contribution in [0, 0.1) is 0 Å². The van der Waals surface area contributed by atoms with Crippen molar-refractivity contribution in [3.8, 4) is 11.3 Å². The monoisotopic (exact) mass is 518 g/mol. The van der Waals surface area contributed by atoms with Gasteiger partial charge in [0.05, 0.1) is 27.0 Å². The summed E-state index contributed by atoms with van der Waals surface area (Å²) in [4.78, 5) is 37.9. The largest absolute Gasteiger partial charge is 0.462 e. The molecule has 4 rings (SSSR count). The SMILES string of the molecule is CCOC(=O)c1cc(-c2ccc(/C=C3/SC(=S)N(NC(=O)c4cccs4)C3=O)o2)ccc1Cl. The molecule has 1 N–H and O–H groups in total. The molecule has 0 spiro atoms. The zero-order valence-corrected chi connectivity index (χ0v) is 20.2. The van der Waals surface area contributed by atoms with Gasteiger partial charge in [0.15, 0.2) is 4.32 Å². The van der Waals surface area contributed by atoms with E-state index < -0.39 is 17.8 Å². The number of furan rings is 1. The first-order valence-electron chi connectivity index (χ1n) is 9.56. The van der Waals surface area contributed by atoms with Gasteiger partial charge in [-0.2, -0.15) is 5.01 Å². The fourth-order valence-electron chi connectivity index (χ4n) is 2.89. The summed E-state index contributed by atoms with van der Waals surface area (Å²) in [6.07, 6.45) is 1.54. The van der Waals surface area contributed by atoms with Crippen LogP contribution in [0.5, 0.6) is 0 Å². The molecular weight excluding hydrogens is 504 g/mol. The number of amides is 2. The molecule has 0 bridgehead atoms. The van der Waals surface area contributed by atoms with Gasteiger partial charge in [0, 0.05) is 11.6 Å². The molecular formula is C22H15ClN2O5S3. The van der Waals surface area contributed by atoms with E-state index in [2.05, 4.69) is 5.43 Å². The van der Waals surface area contributed by atoms with Gasteiger partial charge >= 0.3 is 5.97 Å². The summed E-state index contributed by atoms with van der Waals surface area (Å²) in [7, 11) is 0. The summed E-state index contributed by atoms with van der Waals surface area (Å²) in [5, 5.41) is 3.09. The Balaban J connectivity index is 1.52. The molecule has 1 aliphatic heterocycles. The maximum Gasteiger partial charge on any atom is 0.339 e. The number of esters is 1. The first-order chi connectivity index (χ1) is 15.9. The molecule has 0 atom stereocenters. The number of thioether (sulfide) groups is 1. The Morgan fingerprint density at radius 2 is 2.09 bits per heavy atom. The van der Waals surface area contributed by atoms with Crippen molar-refractivity contribution in [2.45, 2.75) is 6.92 Å². The quantitative estimate of drug-likeness (QED) is 0.266. The molecule has 33 heavy (non-hydrogen) atoms. The van der Waals surface area contributed by atoms with E-state index in [9.17, 15) is 14.4 Å². The van der Waals surface area contributed by atoms with Crippen molar-refractivity contribution in [2.75, 3.05) is 6.61 Å². The Labute approximate surface area is 207 Å². The fourth-order valence-corrected chi connectivity index (χ4v) is 4.85. The lowest BCUT2D eigenvalue weighted by Crippen LogP contribution is -2.44. The number of ether oxygens (including phenoxy) is 1. The number of hydrogen-bond acceptors (Lipinski definition) is 8. The Morgan fingerprint density at radius 3 is 2.82 bits per heavy atom. The van der Waals surface area contributed by atoms with E-state index in [1.165, 1.54) is 11.3 Å². The summed E-state index contributed by atoms with van der Waals surface area (Å²) < 4.78 is 11.1. The van der Waals surface area contributed by atoms with E-state index in [1.807, 2.05) is 0 Å². The van der Waals surface area contributed by atoms with Crippen LogP contribution in [0.2, 0.25) is 5.02 Å². The summed E-state index contributed by atoms with van der Waals surface area (Å²) in [6, 6.07) is 11.7. The zero-order valence-electron chi connectivity index (χ0n) is 17.0. The number of benzene rings is 1.